The van der Waals surface area contributed by atoms with Gasteiger partial charge in [0.2, 0.25) is 0 Å². The molecule has 0 fully saturated rings. The van der Waals surface area contributed by atoms with Crippen molar-refractivity contribution < 1.29 is 20.8 Å². The monoisotopic (exact) mass is 393 g/mol. The van der Waals surface area contributed by atoms with E-state index in [0.29, 0.717) is 0 Å². The molecule has 0 aliphatic carbocycles. The molecule has 3 aromatic rings. The summed E-state index contributed by atoms with van der Waals surface area (Å²) in [6.45, 7) is 6.49. The molecule has 0 amide bonds. The van der Waals surface area contributed by atoms with Gasteiger partial charge in [0, 0.05) is 0 Å². The minimum absolute atomic E-state index is 0.826. The van der Waals surface area contributed by atoms with Crippen LogP contribution in [-0.2, 0) is 20.8 Å². The van der Waals surface area contributed by atoms with Crippen LogP contribution in [0.1, 0.15) is 16.7 Å². The van der Waals surface area contributed by atoms with E-state index < -0.39 is 20.8 Å². The summed E-state index contributed by atoms with van der Waals surface area (Å²) in [5, 5.41) is 2.70. The third-order valence-electron chi connectivity index (χ3n) is 3.57. The summed E-state index contributed by atoms with van der Waals surface area (Å²) in [6.07, 6.45) is 0. The van der Waals surface area contributed by atoms with Crippen LogP contribution >= 0.6 is 17.0 Å². The Balaban J connectivity index is 0.000000497. The molecule has 0 radical (unpaired) electrons. The second-order valence-electron chi connectivity index (χ2n) is 5.23. The van der Waals surface area contributed by atoms with Crippen molar-refractivity contribution >= 4 is 27.8 Å². The van der Waals surface area contributed by atoms with Gasteiger partial charge in [-0.2, -0.15) is 6.07 Å². The number of rotatable bonds is 1. The molecular formula is C18H17Cl2Zr-. The summed E-state index contributed by atoms with van der Waals surface area (Å²) < 4.78 is 0. The zero-order valence-electron chi connectivity index (χ0n) is 12.4. The Bertz CT molecular complexity index is 744. The van der Waals surface area contributed by atoms with Crippen LogP contribution in [0.5, 0.6) is 0 Å². The fourth-order valence-corrected chi connectivity index (χ4v) is 2.74. The van der Waals surface area contributed by atoms with E-state index in [1.54, 1.807) is 0 Å². The van der Waals surface area contributed by atoms with Crippen molar-refractivity contribution in [1.82, 2.24) is 0 Å². The Morgan fingerprint density at radius 2 is 1.62 bits per heavy atom. The molecule has 108 valence electrons. The van der Waals surface area contributed by atoms with E-state index in [0.717, 1.165) is 0 Å². The van der Waals surface area contributed by atoms with Crippen LogP contribution in [-0.4, -0.2) is 0 Å². The van der Waals surface area contributed by atoms with Gasteiger partial charge in [0.25, 0.3) is 0 Å². The summed E-state index contributed by atoms with van der Waals surface area (Å²) in [4.78, 5) is 0. The van der Waals surface area contributed by atoms with E-state index in [2.05, 4.69) is 69.3 Å². The first kappa shape index (κ1) is 16.9. The van der Waals surface area contributed by atoms with Crippen LogP contribution in [0.15, 0.2) is 48.5 Å². The molecule has 21 heavy (non-hydrogen) atoms. The average molecular weight is 395 g/mol. The first-order valence-corrected chi connectivity index (χ1v) is 13.1. The molecular weight excluding hydrogens is 378 g/mol. The molecule has 0 unspecified atom stereocenters. The fraction of sp³-hybridized carbons (Fsp3) is 0.167. The fourth-order valence-electron chi connectivity index (χ4n) is 2.74. The van der Waals surface area contributed by atoms with Crippen LogP contribution < -0.4 is 0 Å². The van der Waals surface area contributed by atoms with Crippen molar-refractivity contribution in [3.63, 3.8) is 0 Å². The van der Waals surface area contributed by atoms with Crippen molar-refractivity contribution in [2.45, 2.75) is 20.8 Å². The van der Waals surface area contributed by atoms with Gasteiger partial charge >= 0.3 is 37.9 Å². The Labute approximate surface area is 145 Å². The molecule has 0 aliphatic heterocycles. The van der Waals surface area contributed by atoms with Crippen LogP contribution in [0.4, 0.5) is 0 Å². The minimum atomic E-state index is -0.826. The van der Waals surface area contributed by atoms with Crippen LogP contribution in [0, 0.1) is 20.8 Å². The first-order chi connectivity index (χ1) is 10.1. The quantitative estimate of drug-likeness (QED) is 0.411. The molecule has 0 nitrogen and oxygen atoms in total. The maximum absolute atomic E-state index is 4.93. The van der Waals surface area contributed by atoms with Crippen molar-refractivity contribution in [1.29, 1.82) is 0 Å². The van der Waals surface area contributed by atoms with E-state index in [4.69, 9.17) is 17.0 Å². The van der Waals surface area contributed by atoms with Gasteiger partial charge in [0.1, 0.15) is 0 Å². The van der Waals surface area contributed by atoms with Gasteiger partial charge in [0.05, 0.1) is 0 Å². The predicted octanol–water partition coefficient (Wildman–Crippen LogP) is 6.53. The van der Waals surface area contributed by atoms with Gasteiger partial charge < -0.3 is 0 Å². The van der Waals surface area contributed by atoms with E-state index >= 15 is 0 Å². The Kier molecular flexibility index (Phi) is 6.17. The van der Waals surface area contributed by atoms with E-state index in [1.165, 1.54) is 38.6 Å². The van der Waals surface area contributed by atoms with Gasteiger partial charge in [-0.15, -0.1) is 34.5 Å². The standard InChI is InChI=1S/C18H17.2ClH.Zr/c1-12-7-8-16(14(3)9-12)17-6-4-5-15-10-13(2)11-18(15)17;;;/h4-11H,1-3H3;2*1H;/q-1;;;+2/p-2. The van der Waals surface area contributed by atoms with Gasteiger partial charge in [-0.3, -0.25) is 0 Å². The Hall–Kier alpha value is -0.487. The predicted molar refractivity (Wildman–Crippen MR) is 90.9 cm³/mol. The Morgan fingerprint density at radius 3 is 2.29 bits per heavy atom. The average Bonchev–Trinajstić information content (AvgIpc) is 2.80. The molecule has 3 heteroatoms. The normalized spacial score (nSPS) is 10.1. The SMILES string of the molecule is Cc1ccc(-c2cccc3[cH-]c(C)cc23)c(C)c1.[Cl][Zr][Cl]. The first-order valence-electron chi connectivity index (χ1n) is 6.76. The van der Waals surface area contributed by atoms with E-state index in [9.17, 15) is 0 Å². The summed E-state index contributed by atoms with van der Waals surface area (Å²) >= 11 is -0.826. The van der Waals surface area contributed by atoms with Gasteiger partial charge in [-0.05, 0) is 25.0 Å². The van der Waals surface area contributed by atoms with Crippen molar-refractivity contribution in [3.8, 4) is 11.1 Å². The van der Waals surface area contributed by atoms with E-state index in [1.807, 2.05) is 0 Å². The summed E-state index contributed by atoms with van der Waals surface area (Å²) in [5.41, 5.74) is 6.69. The molecule has 0 saturated heterocycles. The molecule has 0 aliphatic rings. The number of benzene rings is 2. The zero-order chi connectivity index (χ0) is 15.4. The van der Waals surface area contributed by atoms with Crippen molar-refractivity contribution in [3.05, 3.63) is 65.2 Å². The molecule has 3 aromatic carbocycles. The molecule has 0 aromatic heterocycles. The summed E-state index contributed by atoms with van der Waals surface area (Å²) in [5.74, 6) is 0. The third-order valence-corrected chi connectivity index (χ3v) is 3.57. The molecule has 3 rings (SSSR count). The second kappa shape index (κ2) is 7.68. The number of hydrogen-bond acceptors (Lipinski definition) is 0. The van der Waals surface area contributed by atoms with Crippen LogP contribution in [0.25, 0.3) is 21.9 Å². The van der Waals surface area contributed by atoms with Crippen molar-refractivity contribution in [2.24, 2.45) is 0 Å². The molecule has 0 heterocycles. The molecule has 0 atom stereocenters. The van der Waals surface area contributed by atoms with Crippen molar-refractivity contribution in [2.75, 3.05) is 0 Å². The number of halogens is 2. The van der Waals surface area contributed by atoms with E-state index in [-0.39, 0.29) is 0 Å². The van der Waals surface area contributed by atoms with Crippen LogP contribution in [0.3, 0.4) is 0 Å². The number of hydrogen-bond donors (Lipinski definition) is 0. The van der Waals surface area contributed by atoms with Gasteiger partial charge in [-0.25, -0.2) is 0 Å². The molecule has 0 bridgehead atoms. The third kappa shape index (κ3) is 4.03. The van der Waals surface area contributed by atoms with Gasteiger partial charge in [0.15, 0.2) is 0 Å². The topological polar surface area (TPSA) is 0 Å². The maximum atomic E-state index is 4.93. The number of fused-ring (bicyclic) bond motifs is 1. The van der Waals surface area contributed by atoms with Crippen LogP contribution in [0.2, 0.25) is 0 Å². The Morgan fingerprint density at radius 1 is 0.905 bits per heavy atom. The zero-order valence-corrected chi connectivity index (χ0v) is 16.3. The molecule has 0 saturated carbocycles. The summed E-state index contributed by atoms with van der Waals surface area (Å²) in [7, 11) is 9.87. The number of aryl methyl sites for hydroxylation is 3. The molecule has 0 spiro atoms. The second-order valence-corrected chi connectivity index (χ2v) is 8.96. The van der Waals surface area contributed by atoms with Gasteiger partial charge in [-0.1, -0.05) is 42.3 Å². The molecule has 0 N–H and O–H groups in total. The summed E-state index contributed by atoms with van der Waals surface area (Å²) in [6, 6.07) is 17.8.